The quantitative estimate of drug-likeness (QED) is 0.778. The second-order valence-corrected chi connectivity index (χ2v) is 7.98. The summed E-state index contributed by atoms with van der Waals surface area (Å²) in [7, 11) is 3.62. The van der Waals surface area contributed by atoms with E-state index in [9.17, 15) is 4.79 Å². The van der Waals surface area contributed by atoms with Crippen molar-refractivity contribution in [3.05, 3.63) is 59.7 Å². The number of rotatable bonds is 3. The molecule has 2 aliphatic heterocycles. The highest BCUT2D eigenvalue weighted by molar-refractivity contribution is 5.78. The molecule has 4 nitrogen and oxygen atoms in total. The Labute approximate surface area is 160 Å². The van der Waals surface area contributed by atoms with Crippen molar-refractivity contribution in [1.82, 2.24) is 4.90 Å². The van der Waals surface area contributed by atoms with Gasteiger partial charge in [0.05, 0.1) is 19.1 Å². The number of fused-ring (bicyclic) bond motifs is 5. The number of methoxy groups -OCH3 is 1. The van der Waals surface area contributed by atoms with Crippen molar-refractivity contribution in [2.75, 3.05) is 14.2 Å². The number of esters is 1. The maximum absolute atomic E-state index is 12.6. The molecule has 4 heteroatoms. The van der Waals surface area contributed by atoms with Gasteiger partial charge in [0.1, 0.15) is 6.10 Å². The normalized spacial score (nSPS) is 29.4. The highest BCUT2D eigenvalue weighted by Gasteiger charge is 2.51. The zero-order valence-electron chi connectivity index (χ0n) is 15.8. The first-order chi connectivity index (χ1) is 13.2. The molecule has 2 heterocycles. The summed E-state index contributed by atoms with van der Waals surface area (Å²) in [5.74, 6) is -0.365. The minimum absolute atomic E-state index is 0.114. The Morgan fingerprint density at radius 3 is 2.26 bits per heavy atom. The first-order valence-corrected chi connectivity index (χ1v) is 9.82. The number of carbonyl (C=O) groups is 1. The third-order valence-corrected chi connectivity index (χ3v) is 6.78. The first-order valence-electron chi connectivity index (χ1n) is 9.82. The summed E-state index contributed by atoms with van der Waals surface area (Å²) in [5, 5.41) is 0. The Hall–Kier alpha value is -2.17. The molecule has 2 fully saturated rings. The molecule has 140 valence electrons. The molecule has 5 rings (SSSR count). The van der Waals surface area contributed by atoms with Crippen LogP contribution >= 0.6 is 0 Å². The summed E-state index contributed by atoms with van der Waals surface area (Å²) in [4.78, 5) is 15.0. The van der Waals surface area contributed by atoms with Crippen LogP contribution in [0.3, 0.4) is 0 Å². The first kappa shape index (κ1) is 17.0. The van der Waals surface area contributed by atoms with Crippen LogP contribution in [0.1, 0.15) is 36.5 Å². The molecule has 0 aromatic heterocycles. The Bertz CT molecular complexity index is 834. The zero-order chi connectivity index (χ0) is 18.5. The molecule has 4 atom stereocenters. The lowest BCUT2D eigenvalue weighted by molar-refractivity contribution is -0.161. The van der Waals surface area contributed by atoms with Gasteiger partial charge in [0.25, 0.3) is 0 Å². The highest BCUT2D eigenvalue weighted by Crippen LogP contribution is 2.48. The van der Waals surface area contributed by atoms with Gasteiger partial charge in [-0.15, -0.1) is 0 Å². The average Bonchev–Trinajstić information content (AvgIpc) is 3.13. The van der Waals surface area contributed by atoms with Crippen LogP contribution in [0.4, 0.5) is 0 Å². The summed E-state index contributed by atoms with van der Waals surface area (Å²) >= 11 is 0. The van der Waals surface area contributed by atoms with E-state index in [1.165, 1.54) is 29.4 Å². The Morgan fingerprint density at radius 1 is 1.00 bits per heavy atom. The van der Waals surface area contributed by atoms with Crippen molar-refractivity contribution in [3.63, 3.8) is 0 Å². The van der Waals surface area contributed by atoms with Gasteiger partial charge in [0, 0.05) is 12.1 Å². The molecule has 2 aromatic carbocycles. The molecule has 0 N–H and O–H groups in total. The fourth-order valence-corrected chi connectivity index (χ4v) is 5.44. The van der Waals surface area contributed by atoms with Crippen molar-refractivity contribution in [1.29, 1.82) is 0 Å². The fraction of sp³-hybridized carbons (Fsp3) is 0.435. The van der Waals surface area contributed by atoms with Gasteiger partial charge in [-0.25, -0.2) is 0 Å². The van der Waals surface area contributed by atoms with E-state index in [0.717, 1.165) is 19.3 Å². The molecule has 2 aromatic rings. The van der Waals surface area contributed by atoms with E-state index in [2.05, 4.69) is 60.5 Å². The van der Waals surface area contributed by atoms with Crippen molar-refractivity contribution in [3.8, 4) is 11.1 Å². The molecule has 0 spiro atoms. The number of piperidine rings is 1. The summed E-state index contributed by atoms with van der Waals surface area (Å²) in [6.07, 6.45) is 2.83. The Morgan fingerprint density at radius 2 is 1.63 bits per heavy atom. The largest absolute Gasteiger partial charge is 0.469 e. The van der Waals surface area contributed by atoms with E-state index in [1.807, 2.05) is 0 Å². The van der Waals surface area contributed by atoms with Crippen LogP contribution in [-0.4, -0.2) is 43.2 Å². The molecule has 3 unspecified atom stereocenters. The molecule has 2 bridgehead atoms. The van der Waals surface area contributed by atoms with Gasteiger partial charge < -0.3 is 9.47 Å². The van der Waals surface area contributed by atoms with E-state index in [4.69, 9.17) is 9.47 Å². The van der Waals surface area contributed by atoms with E-state index < -0.39 is 0 Å². The van der Waals surface area contributed by atoms with E-state index in [-0.39, 0.29) is 30.1 Å². The van der Waals surface area contributed by atoms with Crippen LogP contribution in [0.15, 0.2) is 48.5 Å². The number of hydrogen-bond donors (Lipinski definition) is 0. The van der Waals surface area contributed by atoms with Crippen molar-refractivity contribution in [2.45, 2.75) is 43.6 Å². The monoisotopic (exact) mass is 363 g/mol. The molecule has 2 saturated heterocycles. The topological polar surface area (TPSA) is 38.8 Å². The van der Waals surface area contributed by atoms with Crippen molar-refractivity contribution < 1.29 is 14.3 Å². The second kappa shape index (κ2) is 6.47. The van der Waals surface area contributed by atoms with Crippen molar-refractivity contribution in [2.24, 2.45) is 5.92 Å². The van der Waals surface area contributed by atoms with Gasteiger partial charge in [0.15, 0.2) is 0 Å². The third-order valence-electron chi connectivity index (χ3n) is 6.78. The van der Waals surface area contributed by atoms with Crippen LogP contribution in [0.2, 0.25) is 0 Å². The number of carbonyl (C=O) groups excluding carboxylic acids is 1. The van der Waals surface area contributed by atoms with Crippen LogP contribution < -0.4 is 0 Å². The van der Waals surface area contributed by atoms with Crippen LogP contribution in [0, 0.1) is 5.92 Å². The third kappa shape index (κ3) is 2.54. The second-order valence-electron chi connectivity index (χ2n) is 7.98. The summed E-state index contributed by atoms with van der Waals surface area (Å²) in [5.41, 5.74) is 4.88. The average molecular weight is 363 g/mol. The lowest BCUT2D eigenvalue weighted by Crippen LogP contribution is -2.53. The molecule has 1 aliphatic carbocycles. The minimum atomic E-state index is -0.223. The van der Waals surface area contributed by atoms with Crippen LogP contribution in [0.25, 0.3) is 11.1 Å². The predicted octanol–water partition coefficient (Wildman–Crippen LogP) is 3.80. The number of hydrogen-bond acceptors (Lipinski definition) is 4. The van der Waals surface area contributed by atoms with Crippen LogP contribution in [0.5, 0.6) is 0 Å². The van der Waals surface area contributed by atoms with Crippen molar-refractivity contribution >= 4 is 5.97 Å². The molecule has 3 aliphatic rings. The van der Waals surface area contributed by atoms with Gasteiger partial charge in [-0.2, -0.15) is 0 Å². The molecule has 27 heavy (non-hydrogen) atoms. The molecule has 0 amide bonds. The smallest absolute Gasteiger partial charge is 0.312 e. The fourth-order valence-electron chi connectivity index (χ4n) is 5.44. The SMILES string of the molecule is COC(=O)C1C2CCC(C[C@@H]1OC1c3ccccc3-c3ccccc31)N2C. The lowest BCUT2D eigenvalue weighted by atomic mass is 9.87. The minimum Gasteiger partial charge on any atom is -0.469 e. The summed E-state index contributed by atoms with van der Waals surface area (Å²) < 4.78 is 11.9. The summed E-state index contributed by atoms with van der Waals surface area (Å²) in [6, 6.07) is 17.6. The van der Waals surface area contributed by atoms with Gasteiger partial charge in [-0.1, -0.05) is 48.5 Å². The van der Waals surface area contributed by atoms with Gasteiger partial charge in [0.2, 0.25) is 0 Å². The zero-order valence-corrected chi connectivity index (χ0v) is 15.8. The van der Waals surface area contributed by atoms with E-state index in [1.54, 1.807) is 0 Å². The number of nitrogens with zero attached hydrogens (tertiary/aromatic N) is 1. The van der Waals surface area contributed by atoms with E-state index >= 15 is 0 Å². The summed E-state index contributed by atoms with van der Waals surface area (Å²) in [6.45, 7) is 0. The molecular weight excluding hydrogens is 338 g/mol. The van der Waals surface area contributed by atoms with E-state index in [0.29, 0.717) is 6.04 Å². The lowest BCUT2D eigenvalue weighted by Gasteiger charge is -2.42. The molecule has 0 saturated carbocycles. The molecular formula is C23H25NO3. The molecule has 0 radical (unpaired) electrons. The highest BCUT2D eigenvalue weighted by atomic mass is 16.5. The Balaban J connectivity index is 1.52. The number of benzene rings is 2. The maximum Gasteiger partial charge on any atom is 0.312 e. The predicted molar refractivity (Wildman–Crippen MR) is 103 cm³/mol. The van der Waals surface area contributed by atoms with Gasteiger partial charge >= 0.3 is 5.97 Å². The van der Waals surface area contributed by atoms with Gasteiger partial charge in [-0.05, 0) is 48.6 Å². The van der Waals surface area contributed by atoms with Crippen LogP contribution in [-0.2, 0) is 14.3 Å². The maximum atomic E-state index is 12.6. The Kier molecular flexibility index (Phi) is 4.06. The standard InChI is InChI=1S/C23H25NO3/c1-24-14-11-12-19(24)21(23(25)26-2)20(13-14)27-22-17-9-5-3-7-15(17)16-8-4-6-10-18(16)22/h3-10,14,19-22H,11-13H2,1-2H3/t14?,19?,20-,21?/m0/s1. The van der Waals surface area contributed by atoms with Gasteiger partial charge in [-0.3, -0.25) is 9.69 Å². The number of ether oxygens (including phenoxy) is 2.